The van der Waals surface area contributed by atoms with Crippen molar-refractivity contribution in [3.63, 3.8) is 0 Å². The van der Waals surface area contributed by atoms with Crippen molar-refractivity contribution >= 4 is 15.7 Å². The van der Waals surface area contributed by atoms with Gasteiger partial charge in [0, 0.05) is 6.07 Å². The van der Waals surface area contributed by atoms with Gasteiger partial charge in [0.15, 0.2) is 11.6 Å². The second-order valence-corrected chi connectivity index (χ2v) is 7.24. The van der Waals surface area contributed by atoms with Gasteiger partial charge in [0.1, 0.15) is 0 Å². The van der Waals surface area contributed by atoms with Gasteiger partial charge in [0.2, 0.25) is 10.0 Å². The van der Waals surface area contributed by atoms with Crippen LogP contribution < -0.4 is 4.72 Å². The van der Waals surface area contributed by atoms with Crippen molar-refractivity contribution in [3.05, 3.63) is 24.0 Å². The number of benzene rings is 1. The number of nitrogens with one attached hydrogen (secondary N) is 1. The number of halogens is 1. The molecule has 4 nitrogen and oxygen atoms in total. The standard InChI is InChI=1S/C12H18FNO3S/c1-12(2,3)6-7-18(16,17)14-9-4-5-11(15)10(13)8-9/h4-5,8,14-15H,6-7H2,1-3H3. The normalized spacial score (nSPS) is 12.4. The maximum atomic E-state index is 13.0. The lowest BCUT2D eigenvalue weighted by molar-refractivity contribution is 0.397. The van der Waals surface area contributed by atoms with Crippen LogP contribution in [0.1, 0.15) is 27.2 Å². The Morgan fingerprint density at radius 2 is 1.94 bits per heavy atom. The summed E-state index contributed by atoms with van der Waals surface area (Å²) in [6.07, 6.45) is 0.503. The van der Waals surface area contributed by atoms with Gasteiger partial charge < -0.3 is 5.11 Å². The van der Waals surface area contributed by atoms with Gasteiger partial charge in [-0.3, -0.25) is 4.72 Å². The molecule has 0 heterocycles. The first-order valence-corrected chi connectivity index (χ1v) is 7.23. The van der Waals surface area contributed by atoms with Gasteiger partial charge >= 0.3 is 0 Å². The van der Waals surface area contributed by atoms with Crippen LogP contribution in [0.5, 0.6) is 5.75 Å². The molecule has 0 spiro atoms. The van der Waals surface area contributed by atoms with Crippen molar-refractivity contribution < 1.29 is 17.9 Å². The smallest absolute Gasteiger partial charge is 0.232 e. The molecule has 6 heteroatoms. The molecule has 102 valence electrons. The van der Waals surface area contributed by atoms with Crippen LogP contribution in [-0.2, 0) is 10.0 Å². The predicted molar refractivity (Wildman–Crippen MR) is 69.5 cm³/mol. The lowest BCUT2D eigenvalue weighted by Gasteiger charge is -2.18. The minimum absolute atomic E-state index is 0.0288. The van der Waals surface area contributed by atoms with Crippen LogP contribution >= 0.6 is 0 Å². The summed E-state index contributed by atoms with van der Waals surface area (Å²) < 4.78 is 38.8. The molecule has 0 fully saturated rings. The van der Waals surface area contributed by atoms with E-state index in [1.807, 2.05) is 20.8 Å². The molecule has 0 aliphatic rings. The van der Waals surface area contributed by atoms with Crippen LogP contribution in [-0.4, -0.2) is 19.3 Å². The van der Waals surface area contributed by atoms with E-state index in [1.54, 1.807) is 0 Å². The van der Waals surface area contributed by atoms with Crippen LogP contribution in [0.25, 0.3) is 0 Å². The van der Waals surface area contributed by atoms with E-state index in [9.17, 15) is 12.8 Å². The topological polar surface area (TPSA) is 66.4 Å². The van der Waals surface area contributed by atoms with E-state index < -0.39 is 21.6 Å². The summed E-state index contributed by atoms with van der Waals surface area (Å²) in [6, 6.07) is 3.37. The quantitative estimate of drug-likeness (QED) is 0.830. The van der Waals surface area contributed by atoms with Crippen LogP contribution in [0.4, 0.5) is 10.1 Å². The summed E-state index contributed by atoms with van der Waals surface area (Å²) in [5, 5.41) is 9.00. The van der Waals surface area contributed by atoms with E-state index in [2.05, 4.69) is 4.72 Å². The third-order valence-corrected chi connectivity index (χ3v) is 3.63. The molecule has 1 rings (SSSR count). The second kappa shape index (κ2) is 5.14. The van der Waals surface area contributed by atoms with Gasteiger partial charge in [-0.05, 0) is 24.0 Å². The third-order valence-electron chi connectivity index (χ3n) is 2.34. The van der Waals surface area contributed by atoms with Crippen LogP contribution in [0, 0.1) is 11.2 Å². The number of anilines is 1. The summed E-state index contributed by atoms with van der Waals surface area (Å²) in [4.78, 5) is 0. The number of hydrogen-bond donors (Lipinski definition) is 2. The monoisotopic (exact) mass is 275 g/mol. The predicted octanol–water partition coefficient (Wildman–Crippen LogP) is 2.71. The van der Waals surface area contributed by atoms with Gasteiger partial charge in [-0.15, -0.1) is 0 Å². The lowest BCUT2D eigenvalue weighted by Crippen LogP contribution is -2.20. The summed E-state index contributed by atoms with van der Waals surface area (Å²) in [7, 11) is -3.50. The molecule has 0 unspecified atom stereocenters. The zero-order valence-corrected chi connectivity index (χ0v) is 11.5. The van der Waals surface area contributed by atoms with E-state index in [0.717, 1.165) is 12.1 Å². The Labute approximate surface area is 107 Å². The Morgan fingerprint density at radius 1 is 1.33 bits per heavy atom. The molecule has 0 aliphatic carbocycles. The zero-order chi connectivity index (χ0) is 14.0. The van der Waals surface area contributed by atoms with Gasteiger partial charge in [0.25, 0.3) is 0 Å². The lowest BCUT2D eigenvalue weighted by atomic mass is 9.94. The van der Waals surface area contributed by atoms with Crippen molar-refractivity contribution in [2.24, 2.45) is 5.41 Å². The highest BCUT2D eigenvalue weighted by Gasteiger charge is 2.17. The average Bonchev–Trinajstić information content (AvgIpc) is 2.20. The first-order valence-electron chi connectivity index (χ1n) is 5.58. The van der Waals surface area contributed by atoms with Gasteiger partial charge in [-0.2, -0.15) is 0 Å². The van der Waals surface area contributed by atoms with Crippen LogP contribution in [0.15, 0.2) is 18.2 Å². The Morgan fingerprint density at radius 3 is 2.44 bits per heavy atom. The number of phenolic OH excluding ortho intramolecular Hbond substituents is 1. The molecular formula is C12H18FNO3S. The fourth-order valence-corrected chi connectivity index (χ4v) is 2.71. The molecule has 0 amide bonds. The fourth-order valence-electron chi connectivity index (χ4n) is 1.24. The number of phenols is 1. The highest BCUT2D eigenvalue weighted by molar-refractivity contribution is 7.92. The van der Waals surface area contributed by atoms with Crippen molar-refractivity contribution in [1.29, 1.82) is 0 Å². The molecule has 1 aromatic carbocycles. The molecule has 0 aromatic heterocycles. The first kappa shape index (κ1) is 14.8. The van der Waals surface area contributed by atoms with Crippen molar-refractivity contribution in [2.45, 2.75) is 27.2 Å². The Balaban J connectivity index is 2.74. The Bertz CT molecular complexity index is 521. The van der Waals surface area contributed by atoms with E-state index in [-0.39, 0.29) is 16.9 Å². The molecule has 0 bridgehead atoms. The number of aromatic hydroxyl groups is 1. The van der Waals surface area contributed by atoms with Crippen molar-refractivity contribution in [3.8, 4) is 5.75 Å². The number of sulfonamides is 1. The van der Waals surface area contributed by atoms with E-state index in [1.165, 1.54) is 6.07 Å². The molecule has 0 aliphatic heterocycles. The van der Waals surface area contributed by atoms with E-state index >= 15 is 0 Å². The van der Waals surface area contributed by atoms with E-state index in [4.69, 9.17) is 5.11 Å². The number of hydrogen-bond acceptors (Lipinski definition) is 3. The van der Waals surface area contributed by atoms with Crippen LogP contribution in [0.3, 0.4) is 0 Å². The zero-order valence-electron chi connectivity index (χ0n) is 10.7. The summed E-state index contributed by atoms with van der Waals surface area (Å²) in [5.74, 6) is -1.39. The third kappa shape index (κ3) is 4.91. The minimum Gasteiger partial charge on any atom is -0.505 e. The van der Waals surface area contributed by atoms with Gasteiger partial charge in [-0.1, -0.05) is 20.8 Å². The molecule has 2 N–H and O–H groups in total. The molecule has 0 atom stereocenters. The van der Waals surface area contributed by atoms with Gasteiger partial charge in [-0.25, -0.2) is 12.8 Å². The SMILES string of the molecule is CC(C)(C)CCS(=O)(=O)Nc1ccc(O)c(F)c1. The fraction of sp³-hybridized carbons (Fsp3) is 0.500. The highest BCUT2D eigenvalue weighted by atomic mass is 32.2. The highest BCUT2D eigenvalue weighted by Crippen LogP contribution is 2.22. The van der Waals surface area contributed by atoms with Gasteiger partial charge in [0.05, 0.1) is 11.4 Å². The largest absolute Gasteiger partial charge is 0.505 e. The Hall–Kier alpha value is -1.30. The molecule has 0 radical (unpaired) electrons. The van der Waals surface area contributed by atoms with E-state index in [0.29, 0.717) is 6.42 Å². The summed E-state index contributed by atoms with van der Waals surface area (Å²) >= 11 is 0. The molecular weight excluding hydrogens is 257 g/mol. The maximum Gasteiger partial charge on any atom is 0.232 e. The second-order valence-electron chi connectivity index (χ2n) is 5.40. The van der Waals surface area contributed by atoms with Crippen molar-refractivity contribution in [1.82, 2.24) is 0 Å². The average molecular weight is 275 g/mol. The maximum absolute atomic E-state index is 13.0. The molecule has 0 saturated carbocycles. The minimum atomic E-state index is -3.50. The molecule has 1 aromatic rings. The molecule has 0 saturated heterocycles. The number of rotatable bonds is 4. The van der Waals surface area contributed by atoms with Crippen molar-refractivity contribution in [2.75, 3.05) is 10.5 Å². The van der Waals surface area contributed by atoms with Crippen LogP contribution in [0.2, 0.25) is 0 Å². The summed E-state index contributed by atoms with van der Waals surface area (Å²) in [5.41, 5.74) is 0.0220. The summed E-state index contributed by atoms with van der Waals surface area (Å²) in [6.45, 7) is 5.84. The molecule has 18 heavy (non-hydrogen) atoms. The first-order chi connectivity index (χ1) is 8.09. The Kier molecular flexibility index (Phi) is 4.21.